The zero-order valence-corrected chi connectivity index (χ0v) is 15.1. The van der Waals surface area contributed by atoms with Crippen molar-refractivity contribution in [3.63, 3.8) is 0 Å². The Morgan fingerprint density at radius 3 is 2.84 bits per heavy atom. The lowest BCUT2D eigenvalue weighted by molar-refractivity contribution is 0.258. The molecule has 2 heterocycles. The summed E-state index contributed by atoms with van der Waals surface area (Å²) in [4.78, 5) is 11.0. The molecule has 25 heavy (non-hydrogen) atoms. The molecular weight excluding hydrogens is 316 g/mol. The largest absolute Gasteiger partial charge is 0.352 e. The summed E-state index contributed by atoms with van der Waals surface area (Å²) in [5.74, 6) is 1.96. The van der Waals surface area contributed by atoms with Crippen molar-refractivity contribution in [1.29, 1.82) is 0 Å². The van der Waals surface area contributed by atoms with Crippen molar-refractivity contribution in [1.82, 2.24) is 25.7 Å². The number of aryl methyl sites for hydroxylation is 1. The standard InChI is InChI=1S/C18H26N6O/c1-13-9-16(12-24(13)11-15-7-5-4-6-8-15)22-18(19-3)20-10-17-21-14(2)23-25-17/h4-8,13,16H,9-12H2,1-3H3,(H2,19,20,22). The van der Waals surface area contributed by atoms with Gasteiger partial charge in [-0.25, -0.2) is 0 Å². The monoisotopic (exact) mass is 342 g/mol. The Morgan fingerprint density at radius 2 is 2.16 bits per heavy atom. The fourth-order valence-corrected chi connectivity index (χ4v) is 3.20. The fourth-order valence-electron chi connectivity index (χ4n) is 3.20. The van der Waals surface area contributed by atoms with Crippen LogP contribution in [0.15, 0.2) is 39.8 Å². The number of hydrogen-bond acceptors (Lipinski definition) is 5. The van der Waals surface area contributed by atoms with Crippen LogP contribution < -0.4 is 10.6 Å². The molecule has 1 aromatic carbocycles. The van der Waals surface area contributed by atoms with Gasteiger partial charge in [0.2, 0.25) is 5.89 Å². The molecule has 0 amide bonds. The number of hydrogen-bond donors (Lipinski definition) is 2. The van der Waals surface area contributed by atoms with E-state index in [4.69, 9.17) is 4.52 Å². The third-order valence-corrected chi connectivity index (χ3v) is 4.47. The van der Waals surface area contributed by atoms with E-state index in [0.717, 1.165) is 25.5 Å². The number of benzene rings is 1. The van der Waals surface area contributed by atoms with Crippen LogP contribution in [-0.4, -0.2) is 46.7 Å². The first-order valence-electron chi connectivity index (χ1n) is 8.68. The van der Waals surface area contributed by atoms with Gasteiger partial charge in [0.05, 0.1) is 6.54 Å². The minimum absolute atomic E-state index is 0.370. The zero-order valence-electron chi connectivity index (χ0n) is 15.1. The Morgan fingerprint density at radius 1 is 1.36 bits per heavy atom. The minimum Gasteiger partial charge on any atom is -0.352 e. The molecule has 7 heteroatoms. The normalized spacial score (nSPS) is 21.5. The van der Waals surface area contributed by atoms with E-state index in [1.165, 1.54) is 5.56 Å². The van der Waals surface area contributed by atoms with Crippen molar-refractivity contribution in [2.24, 2.45) is 4.99 Å². The molecular formula is C18H26N6O. The van der Waals surface area contributed by atoms with E-state index in [-0.39, 0.29) is 0 Å². The highest BCUT2D eigenvalue weighted by Gasteiger charge is 2.29. The Kier molecular flexibility index (Phi) is 5.65. The third kappa shape index (κ3) is 4.79. The molecule has 3 rings (SSSR count). The molecule has 1 saturated heterocycles. The van der Waals surface area contributed by atoms with E-state index in [1.54, 1.807) is 14.0 Å². The molecule has 2 N–H and O–H groups in total. The van der Waals surface area contributed by atoms with Crippen molar-refractivity contribution in [3.05, 3.63) is 47.6 Å². The molecule has 7 nitrogen and oxygen atoms in total. The molecule has 2 atom stereocenters. The quantitative estimate of drug-likeness (QED) is 0.636. The van der Waals surface area contributed by atoms with E-state index in [9.17, 15) is 0 Å². The molecule has 0 radical (unpaired) electrons. The van der Waals surface area contributed by atoms with E-state index in [2.05, 4.69) is 67.9 Å². The number of likely N-dealkylation sites (tertiary alicyclic amines) is 1. The van der Waals surface area contributed by atoms with Gasteiger partial charge in [0.15, 0.2) is 11.8 Å². The molecule has 2 unspecified atom stereocenters. The third-order valence-electron chi connectivity index (χ3n) is 4.47. The summed E-state index contributed by atoms with van der Waals surface area (Å²) in [6.07, 6.45) is 1.09. The van der Waals surface area contributed by atoms with Crippen molar-refractivity contribution in [2.75, 3.05) is 13.6 Å². The van der Waals surface area contributed by atoms with Crippen LogP contribution in [0.3, 0.4) is 0 Å². The second kappa shape index (κ2) is 8.11. The topological polar surface area (TPSA) is 78.6 Å². The van der Waals surface area contributed by atoms with Crippen LogP contribution in [0.2, 0.25) is 0 Å². The molecule has 1 aromatic heterocycles. The summed E-state index contributed by atoms with van der Waals surface area (Å²) >= 11 is 0. The van der Waals surface area contributed by atoms with Gasteiger partial charge >= 0.3 is 0 Å². The van der Waals surface area contributed by atoms with E-state index >= 15 is 0 Å². The molecule has 2 aromatic rings. The lowest BCUT2D eigenvalue weighted by atomic mass is 10.2. The molecule has 1 aliphatic heterocycles. The Balaban J connectivity index is 1.50. The molecule has 134 valence electrons. The first-order chi connectivity index (χ1) is 12.1. The van der Waals surface area contributed by atoms with Crippen LogP contribution in [0.1, 0.15) is 30.6 Å². The highest BCUT2D eigenvalue weighted by atomic mass is 16.5. The smallest absolute Gasteiger partial charge is 0.246 e. The summed E-state index contributed by atoms with van der Waals surface area (Å²) in [6.45, 7) is 6.53. The zero-order chi connectivity index (χ0) is 17.6. The van der Waals surface area contributed by atoms with Gasteiger partial charge in [-0.3, -0.25) is 9.89 Å². The van der Waals surface area contributed by atoms with Gasteiger partial charge in [-0.15, -0.1) is 0 Å². The van der Waals surface area contributed by atoms with Crippen molar-refractivity contribution in [3.8, 4) is 0 Å². The highest BCUT2D eigenvalue weighted by molar-refractivity contribution is 5.79. The minimum atomic E-state index is 0.370. The summed E-state index contributed by atoms with van der Waals surface area (Å²) < 4.78 is 5.12. The number of aliphatic imine (C=N–C) groups is 1. The molecule has 0 saturated carbocycles. The maximum absolute atomic E-state index is 5.12. The summed E-state index contributed by atoms with van der Waals surface area (Å²) in [6, 6.07) is 11.5. The first-order valence-corrected chi connectivity index (χ1v) is 8.68. The van der Waals surface area contributed by atoms with E-state index < -0.39 is 0 Å². The maximum Gasteiger partial charge on any atom is 0.246 e. The predicted molar refractivity (Wildman–Crippen MR) is 97.1 cm³/mol. The predicted octanol–water partition coefficient (Wildman–Crippen LogP) is 1.71. The average molecular weight is 342 g/mol. The maximum atomic E-state index is 5.12. The summed E-state index contributed by atoms with van der Waals surface area (Å²) in [7, 11) is 1.77. The Labute approximate surface area is 148 Å². The molecule has 0 spiro atoms. The Bertz CT molecular complexity index is 699. The van der Waals surface area contributed by atoms with Gasteiger partial charge in [0, 0.05) is 32.2 Å². The van der Waals surface area contributed by atoms with Gasteiger partial charge in [0.1, 0.15) is 0 Å². The van der Waals surface area contributed by atoms with Crippen LogP contribution in [0.4, 0.5) is 0 Å². The highest BCUT2D eigenvalue weighted by Crippen LogP contribution is 2.20. The summed E-state index contributed by atoms with van der Waals surface area (Å²) in [5.41, 5.74) is 1.35. The molecule has 0 bridgehead atoms. The van der Waals surface area contributed by atoms with Crippen LogP contribution in [-0.2, 0) is 13.1 Å². The number of nitrogens with one attached hydrogen (secondary N) is 2. The molecule has 0 aliphatic carbocycles. The van der Waals surface area contributed by atoms with Crippen LogP contribution >= 0.6 is 0 Å². The fraction of sp³-hybridized carbons (Fsp3) is 0.500. The van der Waals surface area contributed by atoms with E-state index in [1.807, 2.05) is 0 Å². The molecule has 1 aliphatic rings. The van der Waals surface area contributed by atoms with Crippen LogP contribution in [0, 0.1) is 6.92 Å². The summed E-state index contributed by atoms with van der Waals surface area (Å²) in [5, 5.41) is 10.5. The van der Waals surface area contributed by atoms with Gasteiger partial charge in [-0.2, -0.15) is 4.98 Å². The van der Waals surface area contributed by atoms with E-state index in [0.29, 0.717) is 30.3 Å². The lowest BCUT2D eigenvalue weighted by Crippen LogP contribution is -2.44. The van der Waals surface area contributed by atoms with Crippen LogP contribution in [0.25, 0.3) is 0 Å². The number of nitrogens with zero attached hydrogens (tertiary/aromatic N) is 4. The van der Waals surface area contributed by atoms with Crippen molar-refractivity contribution in [2.45, 2.75) is 45.4 Å². The van der Waals surface area contributed by atoms with Crippen LogP contribution in [0.5, 0.6) is 0 Å². The molecule has 1 fully saturated rings. The number of guanidine groups is 1. The average Bonchev–Trinajstić information content (AvgIpc) is 3.18. The second-order valence-electron chi connectivity index (χ2n) is 6.50. The van der Waals surface area contributed by atoms with Gasteiger partial charge < -0.3 is 15.2 Å². The number of rotatable bonds is 5. The van der Waals surface area contributed by atoms with Gasteiger partial charge in [-0.1, -0.05) is 35.5 Å². The van der Waals surface area contributed by atoms with Gasteiger partial charge in [-0.05, 0) is 25.8 Å². The van der Waals surface area contributed by atoms with Crippen molar-refractivity contribution < 1.29 is 4.52 Å². The first kappa shape index (κ1) is 17.4. The number of aromatic nitrogens is 2. The SMILES string of the molecule is CN=C(NCc1nc(C)no1)NC1CC(C)N(Cc2ccccc2)C1. The lowest BCUT2D eigenvalue weighted by Gasteiger charge is -2.21. The van der Waals surface area contributed by atoms with Crippen molar-refractivity contribution >= 4 is 5.96 Å². The Hall–Kier alpha value is -2.41. The second-order valence-corrected chi connectivity index (χ2v) is 6.50. The van der Waals surface area contributed by atoms with Gasteiger partial charge in [0.25, 0.3) is 0 Å².